The van der Waals surface area contributed by atoms with Gasteiger partial charge in [-0.25, -0.2) is 0 Å². The van der Waals surface area contributed by atoms with Crippen molar-refractivity contribution in [2.45, 2.75) is 51.6 Å². The molecule has 0 heterocycles. The van der Waals surface area contributed by atoms with Gasteiger partial charge in [0, 0.05) is 0 Å². The van der Waals surface area contributed by atoms with Gasteiger partial charge < -0.3 is 0 Å². The number of carbonyl (C=O) groups is 1. The molecule has 0 amide bonds. The standard InChI is InChI=1S/C10H18IO3/c1-2-8-11-14-10(12)13-9-6-4-3-5-7-9/h9H,2-8H2,1H3/q-1. The minimum absolute atomic E-state index is 0.127. The zero-order valence-corrected chi connectivity index (χ0v) is 10.8. The van der Waals surface area contributed by atoms with Crippen molar-refractivity contribution in [1.29, 1.82) is 0 Å². The second-order valence-electron chi connectivity index (χ2n) is 3.50. The molecular formula is C10H18IO3-. The zero-order valence-electron chi connectivity index (χ0n) is 8.63. The molecule has 3 nitrogen and oxygen atoms in total. The summed E-state index contributed by atoms with van der Waals surface area (Å²) in [7, 11) is 0. The summed E-state index contributed by atoms with van der Waals surface area (Å²) < 4.78 is 11.3. The van der Waals surface area contributed by atoms with Gasteiger partial charge in [0.05, 0.1) is 0 Å². The molecule has 1 rings (SSSR count). The molecule has 1 aliphatic rings. The van der Waals surface area contributed by atoms with Crippen LogP contribution in [0.4, 0.5) is 4.79 Å². The van der Waals surface area contributed by atoms with Gasteiger partial charge in [-0.2, -0.15) is 0 Å². The molecule has 0 spiro atoms. The van der Waals surface area contributed by atoms with Crippen LogP contribution in [0.1, 0.15) is 45.4 Å². The molecule has 0 aromatic carbocycles. The van der Waals surface area contributed by atoms with Crippen molar-refractivity contribution in [1.82, 2.24) is 0 Å². The molecule has 84 valence electrons. The van der Waals surface area contributed by atoms with E-state index in [1.165, 1.54) is 19.3 Å². The van der Waals surface area contributed by atoms with Crippen molar-refractivity contribution < 1.29 is 34.2 Å². The molecule has 0 aromatic rings. The van der Waals surface area contributed by atoms with Crippen LogP contribution in [-0.2, 0) is 7.80 Å². The summed E-state index contributed by atoms with van der Waals surface area (Å²) in [5.41, 5.74) is 0. The van der Waals surface area contributed by atoms with Crippen LogP contribution in [0.3, 0.4) is 0 Å². The van der Waals surface area contributed by atoms with Gasteiger partial charge in [0.2, 0.25) is 0 Å². The number of hydrogen-bond acceptors (Lipinski definition) is 3. The van der Waals surface area contributed by atoms with E-state index in [1.54, 1.807) is 0 Å². The second-order valence-corrected chi connectivity index (χ2v) is 5.65. The number of alkyl halides is 1. The number of carbonyl (C=O) groups excluding carboxylic acids is 1. The number of halogens is 1. The van der Waals surface area contributed by atoms with E-state index < -0.39 is 27.8 Å². The third-order valence-corrected chi connectivity index (χ3v) is 4.39. The van der Waals surface area contributed by atoms with Crippen LogP contribution >= 0.6 is 0 Å². The number of rotatable bonds is 4. The van der Waals surface area contributed by atoms with E-state index in [4.69, 9.17) is 7.80 Å². The fourth-order valence-electron chi connectivity index (χ4n) is 1.50. The van der Waals surface area contributed by atoms with Crippen LogP contribution in [0.2, 0.25) is 0 Å². The van der Waals surface area contributed by atoms with Crippen molar-refractivity contribution >= 4 is 6.16 Å². The molecule has 0 saturated heterocycles. The summed E-state index contributed by atoms with van der Waals surface area (Å²) in [6, 6.07) is 0. The van der Waals surface area contributed by atoms with Crippen LogP contribution < -0.4 is 21.6 Å². The van der Waals surface area contributed by atoms with Gasteiger partial charge in [0.15, 0.2) is 0 Å². The fraction of sp³-hybridized carbons (Fsp3) is 0.900. The van der Waals surface area contributed by atoms with Crippen molar-refractivity contribution in [3.63, 3.8) is 0 Å². The first-order chi connectivity index (χ1) is 6.83. The Morgan fingerprint density at radius 1 is 1.36 bits per heavy atom. The van der Waals surface area contributed by atoms with E-state index in [1.807, 2.05) is 0 Å². The quantitative estimate of drug-likeness (QED) is 0.314. The van der Waals surface area contributed by atoms with Gasteiger partial charge in [0.25, 0.3) is 0 Å². The molecule has 0 radical (unpaired) electrons. The van der Waals surface area contributed by atoms with Crippen molar-refractivity contribution in [2.75, 3.05) is 4.43 Å². The Hall–Kier alpha value is 0. The Bertz CT molecular complexity index is 167. The predicted octanol–water partition coefficient (Wildman–Crippen LogP) is -0.114. The van der Waals surface area contributed by atoms with Crippen molar-refractivity contribution in [3.8, 4) is 0 Å². The molecule has 4 heteroatoms. The van der Waals surface area contributed by atoms with Crippen LogP contribution in [0.5, 0.6) is 0 Å². The number of ether oxygens (including phenoxy) is 1. The molecule has 1 fully saturated rings. The van der Waals surface area contributed by atoms with Gasteiger partial charge in [-0.05, 0) is 0 Å². The minimum atomic E-state index is -0.432. The summed E-state index contributed by atoms with van der Waals surface area (Å²) in [6.45, 7) is 2.09. The average Bonchev–Trinajstić information content (AvgIpc) is 2.20. The summed E-state index contributed by atoms with van der Waals surface area (Å²) >= 11 is -0.419. The van der Waals surface area contributed by atoms with Crippen LogP contribution in [0.25, 0.3) is 0 Å². The zero-order chi connectivity index (χ0) is 10.2. The molecule has 0 bridgehead atoms. The normalized spacial score (nSPS) is 18.1. The first-order valence-electron chi connectivity index (χ1n) is 5.29. The Morgan fingerprint density at radius 3 is 2.71 bits per heavy atom. The topological polar surface area (TPSA) is 35.5 Å². The first kappa shape index (κ1) is 12.1. The first-order valence-corrected chi connectivity index (χ1v) is 7.70. The monoisotopic (exact) mass is 313 g/mol. The van der Waals surface area contributed by atoms with Gasteiger partial charge in [0.1, 0.15) is 0 Å². The van der Waals surface area contributed by atoms with E-state index in [2.05, 4.69) is 6.92 Å². The maximum absolute atomic E-state index is 11.2. The van der Waals surface area contributed by atoms with E-state index in [0.717, 1.165) is 23.7 Å². The molecule has 0 unspecified atom stereocenters. The molecular weight excluding hydrogens is 295 g/mol. The van der Waals surface area contributed by atoms with E-state index in [9.17, 15) is 4.79 Å². The molecule has 1 saturated carbocycles. The van der Waals surface area contributed by atoms with Crippen molar-refractivity contribution in [2.24, 2.45) is 0 Å². The molecule has 1 aliphatic carbocycles. The molecule has 14 heavy (non-hydrogen) atoms. The van der Waals surface area contributed by atoms with Gasteiger partial charge in [-0.1, -0.05) is 0 Å². The third kappa shape index (κ3) is 5.02. The Morgan fingerprint density at radius 2 is 2.07 bits per heavy atom. The molecule has 0 aromatic heterocycles. The van der Waals surface area contributed by atoms with Crippen LogP contribution in [0.15, 0.2) is 0 Å². The Labute approximate surface area is 96.3 Å². The summed E-state index contributed by atoms with van der Waals surface area (Å²) in [5, 5.41) is 0. The van der Waals surface area contributed by atoms with E-state index >= 15 is 0 Å². The summed E-state index contributed by atoms with van der Waals surface area (Å²) in [4.78, 5) is 11.2. The Kier molecular flexibility index (Phi) is 6.31. The SMILES string of the molecule is CCC[I-]OC(=O)OC1CCCCC1. The molecule has 0 atom stereocenters. The van der Waals surface area contributed by atoms with Gasteiger partial charge in [-0.15, -0.1) is 0 Å². The van der Waals surface area contributed by atoms with Gasteiger partial charge in [-0.3, -0.25) is 0 Å². The fourth-order valence-corrected chi connectivity index (χ4v) is 2.52. The third-order valence-electron chi connectivity index (χ3n) is 2.20. The Balaban J connectivity index is 2.06. The molecule has 0 N–H and O–H groups in total. The maximum atomic E-state index is 11.2. The molecule has 0 aliphatic heterocycles. The second kappa shape index (κ2) is 7.31. The van der Waals surface area contributed by atoms with Crippen molar-refractivity contribution in [3.05, 3.63) is 0 Å². The van der Waals surface area contributed by atoms with Crippen LogP contribution in [-0.4, -0.2) is 16.7 Å². The van der Waals surface area contributed by atoms with E-state index in [0.29, 0.717) is 0 Å². The number of hydrogen-bond donors (Lipinski definition) is 0. The summed E-state index contributed by atoms with van der Waals surface area (Å²) in [6.07, 6.45) is 6.45. The van der Waals surface area contributed by atoms with Crippen LogP contribution in [0, 0.1) is 0 Å². The summed E-state index contributed by atoms with van der Waals surface area (Å²) in [5.74, 6) is 0. The van der Waals surface area contributed by atoms with E-state index in [-0.39, 0.29) is 6.10 Å². The average molecular weight is 313 g/mol. The van der Waals surface area contributed by atoms with Gasteiger partial charge >= 0.3 is 96.4 Å². The predicted molar refractivity (Wildman–Crippen MR) is 49.6 cm³/mol.